The van der Waals surface area contributed by atoms with Gasteiger partial charge in [0.1, 0.15) is 13.2 Å². The number of fused-ring (bicyclic) bond motifs is 1. The molecular formula is C23H27NO5. The molecule has 0 saturated heterocycles. The van der Waals surface area contributed by atoms with E-state index in [1.165, 1.54) is 0 Å². The van der Waals surface area contributed by atoms with Crippen LogP contribution in [0.15, 0.2) is 42.5 Å². The Balaban J connectivity index is 1.62. The van der Waals surface area contributed by atoms with Crippen LogP contribution in [0.25, 0.3) is 6.08 Å². The summed E-state index contributed by atoms with van der Waals surface area (Å²) in [6.45, 7) is 4.27. The van der Waals surface area contributed by atoms with Crippen LogP contribution in [-0.4, -0.2) is 44.8 Å². The second-order valence-corrected chi connectivity index (χ2v) is 6.76. The molecule has 2 aromatic carbocycles. The number of hydrogen-bond donors (Lipinski definition) is 0. The van der Waals surface area contributed by atoms with Crippen LogP contribution in [0.5, 0.6) is 23.0 Å². The highest BCUT2D eigenvalue weighted by molar-refractivity contribution is 5.91. The van der Waals surface area contributed by atoms with Gasteiger partial charge in [-0.2, -0.15) is 0 Å². The van der Waals surface area contributed by atoms with E-state index in [1.54, 1.807) is 31.2 Å². The average molecular weight is 397 g/mol. The van der Waals surface area contributed by atoms with Gasteiger partial charge in [0.05, 0.1) is 13.7 Å². The highest BCUT2D eigenvalue weighted by Gasteiger charge is 2.13. The van der Waals surface area contributed by atoms with Crippen molar-refractivity contribution in [2.75, 3.05) is 34.0 Å². The lowest BCUT2D eigenvalue weighted by molar-refractivity contribution is -0.125. The fourth-order valence-electron chi connectivity index (χ4n) is 2.95. The van der Waals surface area contributed by atoms with Crippen LogP contribution in [0.1, 0.15) is 24.5 Å². The minimum atomic E-state index is -0.0924. The number of hydrogen-bond acceptors (Lipinski definition) is 5. The Morgan fingerprint density at radius 3 is 2.66 bits per heavy atom. The topological polar surface area (TPSA) is 57.2 Å². The van der Waals surface area contributed by atoms with E-state index in [0.29, 0.717) is 37.9 Å². The molecule has 1 amide bonds. The summed E-state index contributed by atoms with van der Waals surface area (Å²) in [5.41, 5.74) is 1.85. The molecule has 0 aromatic heterocycles. The maximum Gasteiger partial charge on any atom is 0.246 e. The first-order chi connectivity index (χ1) is 14.1. The third-order valence-electron chi connectivity index (χ3n) is 4.47. The van der Waals surface area contributed by atoms with E-state index >= 15 is 0 Å². The van der Waals surface area contributed by atoms with E-state index in [-0.39, 0.29) is 5.91 Å². The summed E-state index contributed by atoms with van der Waals surface area (Å²) in [7, 11) is 3.37. The van der Waals surface area contributed by atoms with Crippen molar-refractivity contribution in [1.29, 1.82) is 0 Å². The fourth-order valence-corrected chi connectivity index (χ4v) is 2.95. The van der Waals surface area contributed by atoms with Crippen molar-refractivity contribution in [3.05, 3.63) is 53.6 Å². The smallest absolute Gasteiger partial charge is 0.246 e. The first-order valence-corrected chi connectivity index (χ1v) is 9.73. The normalized spacial score (nSPS) is 12.7. The van der Waals surface area contributed by atoms with E-state index in [2.05, 4.69) is 6.92 Å². The number of benzene rings is 2. The van der Waals surface area contributed by atoms with Gasteiger partial charge in [-0.15, -0.1) is 0 Å². The molecule has 0 spiro atoms. The summed E-state index contributed by atoms with van der Waals surface area (Å²) in [6, 6.07) is 11.4. The maximum absolute atomic E-state index is 12.5. The van der Waals surface area contributed by atoms with E-state index in [9.17, 15) is 4.79 Å². The van der Waals surface area contributed by atoms with E-state index in [1.807, 2.05) is 36.4 Å². The van der Waals surface area contributed by atoms with Gasteiger partial charge in [-0.25, -0.2) is 0 Å². The predicted octanol–water partition coefficient (Wildman–Crippen LogP) is 3.93. The molecule has 3 rings (SSSR count). The quantitative estimate of drug-likeness (QED) is 0.632. The first-order valence-electron chi connectivity index (χ1n) is 9.73. The summed E-state index contributed by atoms with van der Waals surface area (Å²) in [5, 5.41) is 0. The van der Waals surface area contributed by atoms with Gasteiger partial charge in [0.2, 0.25) is 5.91 Å². The van der Waals surface area contributed by atoms with Crippen molar-refractivity contribution in [3.63, 3.8) is 0 Å². The van der Waals surface area contributed by atoms with Gasteiger partial charge in [0.15, 0.2) is 23.0 Å². The standard InChI is InChI=1S/C23H27NO5/c1-4-11-27-19-8-5-17(14-21(19)26-3)7-10-23(25)24(2)16-18-6-9-20-22(15-18)29-13-12-28-20/h5-10,14-15H,4,11-13,16H2,1-3H3/b10-7+. The van der Waals surface area contributed by atoms with Crippen molar-refractivity contribution < 1.29 is 23.7 Å². The van der Waals surface area contributed by atoms with Crippen LogP contribution in [-0.2, 0) is 11.3 Å². The number of ether oxygens (including phenoxy) is 4. The first kappa shape index (κ1) is 20.6. The molecule has 1 aliphatic rings. The molecule has 6 nitrogen and oxygen atoms in total. The third-order valence-corrected chi connectivity index (χ3v) is 4.47. The van der Waals surface area contributed by atoms with Crippen LogP contribution >= 0.6 is 0 Å². The predicted molar refractivity (Wildman–Crippen MR) is 112 cm³/mol. The Morgan fingerprint density at radius 1 is 1.10 bits per heavy atom. The van der Waals surface area contributed by atoms with Gasteiger partial charge in [-0.1, -0.05) is 19.1 Å². The number of amides is 1. The highest BCUT2D eigenvalue weighted by Crippen LogP contribution is 2.31. The minimum absolute atomic E-state index is 0.0924. The molecule has 29 heavy (non-hydrogen) atoms. The Kier molecular flexibility index (Phi) is 7.00. The van der Waals surface area contributed by atoms with Crippen molar-refractivity contribution in [2.45, 2.75) is 19.9 Å². The van der Waals surface area contributed by atoms with Gasteiger partial charge in [-0.05, 0) is 47.9 Å². The molecule has 1 aliphatic heterocycles. The molecule has 1 heterocycles. The molecule has 154 valence electrons. The van der Waals surface area contributed by atoms with Crippen LogP contribution in [0.2, 0.25) is 0 Å². The second kappa shape index (κ2) is 9.87. The van der Waals surface area contributed by atoms with Crippen LogP contribution < -0.4 is 18.9 Å². The highest BCUT2D eigenvalue weighted by atomic mass is 16.6. The lowest BCUT2D eigenvalue weighted by atomic mass is 10.1. The van der Waals surface area contributed by atoms with E-state index < -0.39 is 0 Å². The van der Waals surface area contributed by atoms with Crippen molar-refractivity contribution >= 4 is 12.0 Å². The number of carbonyl (C=O) groups excluding carboxylic acids is 1. The number of likely N-dealkylation sites (N-methyl/N-ethyl adjacent to an activating group) is 1. The molecule has 2 aromatic rings. The van der Waals surface area contributed by atoms with Crippen LogP contribution in [0, 0.1) is 0 Å². The van der Waals surface area contributed by atoms with Crippen molar-refractivity contribution in [3.8, 4) is 23.0 Å². The minimum Gasteiger partial charge on any atom is -0.493 e. The zero-order valence-corrected chi connectivity index (χ0v) is 17.1. The Morgan fingerprint density at radius 2 is 1.90 bits per heavy atom. The Labute approximate surface area is 171 Å². The van der Waals surface area contributed by atoms with Gasteiger partial charge < -0.3 is 23.8 Å². The van der Waals surface area contributed by atoms with Crippen LogP contribution in [0.3, 0.4) is 0 Å². The van der Waals surface area contributed by atoms with Crippen molar-refractivity contribution in [2.24, 2.45) is 0 Å². The Hall–Kier alpha value is -3.15. The van der Waals surface area contributed by atoms with E-state index in [0.717, 1.165) is 29.0 Å². The molecule has 0 bridgehead atoms. The third kappa shape index (κ3) is 5.44. The summed E-state index contributed by atoms with van der Waals surface area (Å²) in [4.78, 5) is 14.2. The van der Waals surface area contributed by atoms with Gasteiger partial charge >= 0.3 is 0 Å². The summed E-state index contributed by atoms with van der Waals surface area (Å²) < 4.78 is 22.2. The molecule has 0 fully saturated rings. The average Bonchev–Trinajstić information content (AvgIpc) is 2.76. The number of rotatable bonds is 8. The summed E-state index contributed by atoms with van der Waals surface area (Å²) in [6.07, 6.45) is 4.25. The molecule has 0 atom stereocenters. The van der Waals surface area contributed by atoms with Crippen LogP contribution in [0.4, 0.5) is 0 Å². The van der Waals surface area contributed by atoms with Gasteiger partial charge in [0.25, 0.3) is 0 Å². The van der Waals surface area contributed by atoms with E-state index in [4.69, 9.17) is 18.9 Å². The Bertz CT molecular complexity index is 878. The zero-order valence-electron chi connectivity index (χ0n) is 17.1. The second-order valence-electron chi connectivity index (χ2n) is 6.76. The summed E-state index contributed by atoms with van der Waals surface area (Å²) in [5.74, 6) is 2.73. The number of carbonyl (C=O) groups is 1. The zero-order chi connectivity index (χ0) is 20.6. The molecule has 0 N–H and O–H groups in total. The molecule has 6 heteroatoms. The molecule has 0 radical (unpaired) electrons. The molecule has 0 aliphatic carbocycles. The molecule has 0 saturated carbocycles. The SMILES string of the molecule is CCCOc1ccc(/C=C/C(=O)N(C)Cc2ccc3c(c2)OCCO3)cc1OC. The number of nitrogens with zero attached hydrogens (tertiary/aromatic N) is 1. The summed E-state index contributed by atoms with van der Waals surface area (Å²) >= 11 is 0. The lowest BCUT2D eigenvalue weighted by Crippen LogP contribution is -2.24. The lowest BCUT2D eigenvalue weighted by Gasteiger charge is -2.20. The number of methoxy groups -OCH3 is 1. The van der Waals surface area contributed by atoms with Crippen molar-refractivity contribution in [1.82, 2.24) is 4.90 Å². The monoisotopic (exact) mass is 397 g/mol. The molecule has 0 unspecified atom stereocenters. The molecular weight excluding hydrogens is 370 g/mol. The maximum atomic E-state index is 12.5. The van der Waals surface area contributed by atoms with Gasteiger partial charge in [-0.3, -0.25) is 4.79 Å². The largest absolute Gasteiger partial charge is 0.493 e. The fraction of sp³-hybridized carbons (Fsp3) is 0.348. The van der Waals surface area contributed by atoms with Gasteiger partial charge in [0, 0.05) is 19.7 Å².